The van der Waals surface area contributed by atoms with Gasteiger partial charge in [-0.05, 0) is 42.8 Å². The molecule has 3 rings (SSSR count). The van der Waals surface area contributed by atoms with Gasteiger partial charge in [0, 0.05) is 18.4 Å². The molecule has 4 N–H and O–H groups in total. The molecule has 2 aromatic carbocycles. The molecule has 0 bridgehead atoms. The van der Waals surface area contributed by atoms with Crippen molar-refractivity contribution < 1.29 is 23.8 Å². The summed E-state index contributed by atoms with van der Waals surface area (Å²) in [7, 11) is 0. The summed E-state index contributed by atoms with van der Waals surface area (Å²) in [6.45, 7) is 1.05. The van der Waals surface area contributed by atoms with Gasteiger partial charge in [0.15, 0.2) is 24.2 Å². The highest BCUT2D eigenvalue weighted by Gasteiger charge is 2.18. The van der Waals surface area contributed by atoms with Crippen LogP contribution in [0.25, 0.3) is 0 Å². The minimum absolute atomic E-state index is 0.0447. The Hall–Kier alpha value is -4.78. The molecule has 1 heterocycles. The average molecular weight is 539 g/mol. The normalized spacial score (nSPS) is 11.2. The molecule has 194 valence electrons. The quantitative estimate of drug-likeness (QED) is 0.271. The summed E-state index contributed by atoms with van der Waals surface area (Å²) in [6, 6.07) is 10.8. The first kappa shape index (κ1) is 27.8. The van der Waals surface area contributed by atoms with Crippen molar-refractivity contribution >= 4 is 23.5 Å². The monoisotopic (exact) mass is 538 g/mol. The van der Waals surface area contributed by atoms with E-state index in [0.717, 1.165) is 4.68 Å². The number of aromatic nitrogens is 2. The second kappa shape index (κ2) is 12.0. The third-order valence-electron chi connectivity index (χ3n) is 5.17. The smallest absolute Gasteiger partial charge is 0.321 e. The lowest BCUT2D eigenvalue weighted by Crippen LogP contribution is -2.34. The van der Waals surface area contributed by atoms with Gasteiger partial charge in [0.05, 0.1) is 34.0 Å². The second-order valence-corrected chi connectivity index (χ2v) is 8.47. The Kier molecular flexibility index (Phi) is 8.76. The molecule has 0 saturated heterocycles. The standard InChI is InChI=1S/C25H20ClFN6O5/c1-13-4-17(32-33(24(13)34)12-37-21(31)9-20(30)25(35)36)8-16-2-3-19(26)23(22(16)27)38-18-6-14(10-28)5-15(7-18)11-29/h2-7,20,31H,8-9,12,30H2,1H3,(H,35,36)/t20-/m0/s1. The molecule has 1 aromatic heterocycles. The number of nitrogens with zero attached hydrogens (tertiary/aromatic N) is 4. The fourth-order valence-corrected chi connectivity index (χ4v) is 3.49. The van der Waals surface area contributed by atoms with E-state index in [-0.39, 0.29) is 57.3 Å². The predicted octanol–water partition coefficient (Wildman–Crippen LogP) is 3.22. The molecule has 0 spiro atoms. The van der Waals surface area contributed by atoms with E-state index in [0.29, 0.717) is 0 Å². The number of halogens is 2. The third kappa shape index (κ3) is 6.70. The van der Waals surface area contributed by atoms with Gasteiger partial charge in [0.1, 0.15) is 11.8 Å². The maximum atomic E-state index is 15.4. The lowest BCUT2D eigenvalue weighted by molar-refractivity contribution is -0.138. The minimum Gasteiger partial charge on any atom is -0.480 e. The van der Waals surface area contributed by atoms with Crippen LogP contribution >= 0.6 is 11.6 Å². The first-order valence-electron chi connectivity index (χ1n) is 10.9. The van der Waals surface area contributed by atoms with E-state index >= 15 is 4.39 Å². The number of ether oxygens (including phenoxy) is 2. The Morgan fingerprint density at radius 1 is 1.26 bits per heavy atom. The van der Waals surface area contributed by atoms with Crippen molar-refractivity contribution in [2.75, 3.05) is 0 Å². The molecular weight excluding hydrogens is 519 g/mol. The predicted molar refractivity (Wildman–Crippen MR) is 132 cm³/mol. The second-order valence-electron chi connectivity index (χ2n) is 8.07. The van der Waals surface area contributed by atoms with E-state index in [9.17, 15) is 9.59 Å². The Bertz CT molecular complexity index is 1530. The van der Waals surface area contributed by atoms with Crippen molar-refractivity contribution in [2.45, 2.75) is 32.5 Å². The van der Waals surface area contributed by atoms with Crippen LogP contribution in [0, 0.1) is 40.8 Å². The molecule has 1 atom stereocenters. The number of hydrogen-bond donors (Lipinski definition) is 3. The maximum absolute atomic E-state index is 15.4. The summed E-state index contributed by atoms with van der Waals surface area (Å²) >= 11 is 6.16. The molecule has 0 amide bonds. The number of carbonyl (C=O) groups is 1. The molecule has 0 radical (unpaired) electrons. The number of aliphatic carboxylic acids is 1. The fourth-order valence-electron chi connectivity index (χ4n) is 3.31. The molecule has 13 heteroatoms. The lowest BCUT2D eigenvalue weighted by atomic mass is 10.1. The lowest BCUT2D eigenvalue weighted by Gasteiger charge is -2.14. The molecule has 0 fully saturated rings. The van der Waals surface area contributed by atoms with Gasteiger partial charge in [0.2, 0.25) is 0 Å². The number of benzene rings is 2. The number of carboxylic acids is 1. The molecule has 0 aliphatic heterocycles. The van der Waals surface area contributed by atoms with Gasteiger partial charge in [-0.1, -0.05) is 17.7 Å². The van der Waals surface area contributed by atoms with Crippen LogP contribution in [0.5, 0.6) is 11.5 Å². The largest absolute Gasteiger partial charge is 0.480 e. The zero-order valence-corrected chi connectivity index (χ0v) is 20.6. The highest BCUT2D eigenvalue weighted by Crippen LogP contribution is 2.35. The van der Waals surface area contributed by atoms with Crippen LogP contribution in [-0.2, 0) is 22.7 Å². The third-order valence-corrected chi connectivity index (χ3v) is 5.47. The molecule has 3 aromatic rings. The van der Waals surface area contributed by atoms with Gasteiger partial charge in [-0.3, -0.25) is 15.0 Å². The number of rotatable bonds is 9. The van der Waals surface area contributed by atoms with Crippen LogP contribution in [0.2, 0.25) is 5.02 Å². The van der Waals surface area contributed by atoms with Crippen molar-refractivity contribution in [1.29, 1.82) is 15.9 Å². The highest BCUT2D eigenvalue weighted by atomic mass is 35.5. The van der Waals surface area contributed by atoms with Crippen LogP contribution in [0.3, 0.4) is 0 Å². The summed E-state index contributed by atoms with van der Waals surface area (Å²) < 4.78 is 27.1. The summed E-state index contributed by atoms with van der Waals surface area (Å²) in [6.07, 6.45) is -0.460. The van der Waals surface area contributed by atoms with Crippen LogP contribution in [0.1, 0.15) is 34.4 Å². The van der Waals surface area contributed by atoms with Crippen LogP contribution in [0.15, 0.2) is 41.2 Å². The van der Waals surface area contributed by atoms with Gasteiger partial charge in [-0.25, -0.2) is 4.39 Å². The Morgan fingerprint density at radius 3 is 2.53 bits per heavy atom. The van der Waals surface area contributed by atoms with Gasteiger partial charge in [-0.2, -0.15) is 20.3 Å². The summed E-state index contributed by atoms with van der Waals surface area (Å²) in [5.41, 5.74) is 5.83. The van der Waals surface area contributed by atoms with Crippen LogP contribution in [0.4, 0.5) is 4.39 Å². The van der Waals surface area contributed by atoms with Crippen LogP contribution in [-0.4, -0.2) is 32.8 Å². The average Bonchev–Trinajstić information content (AvgIpc) is 2.88. The van der Waals surface area contributed by atoms with E-state index in [1.54, 1.807) is 0 Å². The van der Waals surface area contributed by atoms with Crippen molar-refractivity contribution in [2.24, 2.45) is 5.73 Å². The highest BCUT2D eigenvalue weighted by molar-refractivity contribution is 6.32. The minimum atomic E-state index is -1.33. The Labute approximate surface area is 220 Å². The maximum Gasteiger partial charge on any atom is 0.321 e. The number of nitrogens with two attached hydrogens (primary N) is 1. The van der Waals surface area contributed by atoms with E-state index < -0.39 is 36.0 Å². The first-order valence-corrected chi connectivity index (χ1v) is 11.3. The molecule has 0 aliphatic carbocycles. The number of nitrogens with one attached hydrogen (secondary N) is 1. The first-order chi connectivity index (χ1) is 18.0. The van der Waals surface area contributed by atoms with Crippen LogP contribution < -0.4 is 16.0 Å². The van der Waals surface area contributed by atoms with Crippen molar-refractivity contribution in [3.8, 4) is 23.6 Å². The van der Waals surface area contributed by atoms with Gasteiger partial charge >= 0.3 is 5.97 Å². The van der Waals surface area contributed by atoms with E-state index in [1.807, 2.05) is 12.1 Å². The number of aryl methyl sites for hydroxylation is 1. The summed E-state index contributed by atoms with van der Waals surface area (Å²) in [5, 5.41) is 39.0. The van der Waals surface area contributed by atoms with Gasteiger partial charge < -0.3 is 20.3 Å². The van der Waals surface area contributed by atoms with Crippen molar-refractivity contribution in [1.82, 2.24) is 9.78 Å². The SMILES string of the molecule is Cc1cc(Cc2ccc(Cl)c(Oc3cc(C#N)cc(C#N)c3)c2F)nn(COC(=N)C[C@H](N)C(=O)O)c1=O. The molecule has 0 aliphatic rings. The van der Waals surface area contributed by atoms with E-state index in [1.165, 1.54) is 43.3 Å². The topological polar surface area (TPSA) is 188 Å². The molecular formula is C25H20ClFN6O5. The molecule has 0 saturated carbocycles. The van der Waals surface area contributed by atoms with E-state index in [4.69, 9.17) is 47.8 Å². The molecule has 11 nitrogen and oxygen atoms in total. The van der Waals surface area contributed by atoms with Crippen molar-refractivity contribution in [3.63, 3.8) is 0 Å². The summed E-state index contributed by atoms with van der Waals surface area (Å²) in [5.74, 6) is -2.83. The molecule has 0 unspecified atom stereocenters. The summed E-state index contributed by atoms with van der Waals surface area (Å²) in [4.78, 5) is 23.3. The number of hydrogen-bond acceptors (Lipinski definition) is 9. The Balaban J connectivity index is 1.86. The Morgan fingerprint density at radius 2 is 1.92 bits per heavy atom. The number of nitriles is 2. The zero-order valence-electron chi connectivity index (χ0n) is 19.9. The fraction of sp³-hybridized carbons (Fsp3) is 0.200. The van der Waals surface area contributed by atoms with E-state index in [2.05, 4.69) is 5.10 Å². The molecule has 38 heavy (non-hydrogen) atoms. The van der Waals surface area contributed by atoms with Gasteiger partial charge in [-0.15, -0.1) is 0 Å². The number of carboxylic acid groups (broad SMARTS) is 1. The zero-order chi connectivity index (χ0) is 28.0. The van der Waals surface area contributed by atoms with Gasteiger partial charge in [0.25, 0.3) is 5.56 Å². The van der Waals surface area contributed by atoms with Crippen molar-refractivity contribution in [3.05, 3.63) is 85.5 Å².